The molecule has 30 heavy (non-hydrogen) atoms. The van der Waals surface area contributed by atoms with Crippen LogP contribution < -0.4 is 15.4 Å². The summed E-state index contributed by atoms with van der Waals surface area (Å²) in [4.78, 5) is 4.51. The van der Waals surface area contributed by atoms with E-state index in [1.165, 1.54) is 31.2 Å². The Morgan fingerprint density at radius 3 is 2.83 bits per heavy atom. The van der Waals surface area contributed by atoms with Crippen molar-refractivity contribution in [2.45, 2.75) is 63.8 Å². The molecule has 4 fully saturated rings. The van der Waals surface area contributed by atoms with E-state index in [0.717, 1.165) is 36.9 Å². The summed E-state index contributed by atoms with van der Waals surface area (Å²) in [5, 5.41) is 7.26. The number of nitrogens with one attached hydrogen (secondary N) is 2. The molecule has 2 heterocycles. The summed E-state index contributed by atoms with van der Waals surface area (Å²) >= 11 is 0. The third-order valence-electron chi connectivity index (χ3n) is 7.40. The summed E-state index contributed by atoms with van der Waals surface area (Å²) in [7, 11) is 1.85. The molecule has 2 aliphatic carbocycles. The fourth-order valence-corrected chi connectivity index (χ4v) is 5.68. The molecule has 1 aromatic rings. The Kier molecular flexibility index (Phi) is 6.79. The van der Waals surface area contributed by atoms with Gasteiger partial charge < -0.3 is 24.8 Å². The van der Waals surface area contributed by atoms with E-state index in [9.17, 15) is 0 Å². The molecule has 0 amide bonds. The van der Waals surface area contributed by atoms with Crippen LogP contribution in [0, 0.1) is 18.3 Å². The first-order valence-electron chi connectivity index (χ1n) is 11.1. The van der Waals surface area contributed by atoms with Crippen molar-refractivity contribution in [2.24, 2.45) is 16.3 Å². The fraction of sp³-hybridized carbons (Fsp3) is 0.696. The van der Waals surface area contributed by atoms with Crippen molar-refractivity contribution in [3.8, 4) is 5.75 Å². The lowest BCUT2D eigenvalue weighted by Crippen LogP contribution is -2.72. The van der Waals surface area contributed by atoms with Crippen LogP contribution in [0.5, 0.6) is 5.75 Å². The maximum Gasteiger partial charge on any atom is 0.191 e. The van der Waals surface area contributed by atoms with E-state index in [1.54, 1.807) is 0 Å². The highest BCUT2D eigenvalue weighted by molar-refractivity contribution is 14.0. The molecule has 7 heteroatoms. The molecule has 1 aromatic carbocycles. The summed E-state index contributed by atoms with van der Waals surface area (Å²) in [5.74, 6) is 2.46. The highest BCUT2D eigenvalue weighted by atomic mass is 127. The number of benzene rings is 1. The third kappa shape index (κ3) is 3.93. The summed E-state index contributed by atoms with van der Waals surface area (Å²) in [6.45, 7) is 5.17. The summed E-state index contributed by atoms with van der Waals surface area (Å²) in [6, 6.07) is 6.90. The van der Waals surface area contributed by atoms with Gasteiger partial charge in [-0.05, 0) is 37.8 Å². The molecule has 166 valence electrons. The van der Waals surface area contributed by atoms with Gasteiger partial charge in [0.25, 0.3) is 0 Å². The van der Waals surface area contributed by atoms with Crippen LogP contribution in [0.15, 0.2) is 23.2 Å². The van der Waals surface area contributed by atoms with Gasteiger partial charge in [-0.2, -0.15) is 0 Å². The largest absolute Gasteiger partial charge is 0.488 e. The van der Waals surface area contributed by atoms with E-state index in [-0.39, 0.29) is 30.1 Å². The number of aliphatic imine (C=N–C) groups is 1. The third-order valence-corrected chi connectivity index (χ3v) is 7.40. The normalized spacial score (nSPS) is 31.3. The number of guanidine groups is 1. The molecule has 5 rings (SSSR count). The van der Waals surface area contributed by atoms with Gasteiger partial charge in [0.15, 0.2) is 5.96 Å². The molecule has 0 radical (unpaired) electrons. The average Bonchev–Trinajstić information content (AvgIpc) is 3.33. The van der Waals surface area contributed by atoms with Gasteiger partial charge in [0.05, 0.1) is 19.3 Å². The number of ether oxygens (including phenoxy) is 3. The van der Waals surface area contributed by atoms with E-state index in [0.29, 0.717) is 36.6 Å². The zero-order valence-electron chi connectivity index (χ0n) is 18.0. The van der Waals surface area contributed by atoms with E-state index in [2.05, 4.69) is 40.7 Å². The van der Waals surface area contributed by atoms with Gasteiger partial charge in [-0.25, -0.2) is 0 Å². The second-order valence-corrected chi connectivity index (χ2v) is 9.09. The predicted molar refractivity (Wildman–Crippen MR) is 128 cm³/mol. The van der Waals surface area contributed by atoms with Crippen LogP contribution in [-0.2, 0) is 16.0 Å². The van der Waals surface area contributed by atoms with Crippen molar-refractivity contribution < 1.29 is 14.2 Å². The lowest BCUT2D eigenvalue weighted by atomic mass is 9.46. The predicted octanol–water partition coefficient (Wildman–Crippen LogP) is 3.40. The van der Waals surface area contributed by atoms with Gasteiger partial charge in [0.1, 0.15) is 11.9 Å². The number of hydrogen-bond acceptors (Lipinski definition) is 4. The van der Waals surface area contributed by atoms with Crippen molar-refractivity contribution in [3.63, 3.8) is 0 Å². The summed E-state index contributed by atoms with van der Waals surface area (Å²) in [5.41, 5.74) is 2.71. The summed E-state index contributed by atoms with van der Waals surface area (Å²) in [6.07, 6.45) is 6.63. The maximum atomic E-state index is 6.24. The first kappa shape index (κ1) is 22.1. The second-order valence-electron chi connectivity index (χ2n) is 9.09. The monoisotopic (exact) mass is 527 g/mol. The Balaban J connectivity index is 0.00000218. The molecule has 2 N–H and O–H groups in total. The number of fused-ring (bicyclic) bond motifs is 2. The van der Waals surface area contributed by atoms with Gasteiger partial charge in [-0.15, -0.1) is 24.0 Å². The highest BCUT2D eigenvalue weighted by Crippen LogP contribution is 2.62. The van der Waals surface area contributed by atoms with Crippen molar-refractivity contribution in [1.29, 1.82) is 0 Å². The molecule has 1 spiro atoms. The Morgan fingerprint density at radius 2 is 2.13 bits per heavy atom. The van der Waals surface area contributed by atoms with Crippen molar-refractivity contribution >= 4 is 29.9 Å². The van der Waals surface area contributed by atoms with Gasteiger partial charge in [0, 0.05) is 49.6 Å². The molecule has 4 unspecified atom stereocenters. The SMILES string of the molecule is CN=C(NCc1ccc(C)cc1OC1CCOC1)NC1C2CCOC2C12CCC2.I. The number of hydrogen-bond donors (Lipinski definition) is 2. The minimum absolute atomic E-state index is 0. The molecule has 0 bridgehead atoms. The summed E-state index contributed by atoms with van der Waals surface area (Å²) < 4.78 is 17.8. The number of nitrogens with zero attached hydrogens (tertiary/aromatic N) is 1. The number of aryl methyl sites for hydroxylation is 1. The van der Waals surface area contributed by atoms with Crippen LogP contribution in [0.3, 0.4) is 0 Å². The zero-order valence-corrected chi connectivity index (χ0v) is 20.3. The Labute approximate surface area is 196 Å². The number of halogens is 1. The first-order chi connectivity index (χ1) is 14.2. The van der Waals surface area contributed by atoms with Crippen molar-refractivity contribution in [3.05, 3.63) is 29.3 Å². The fourth-order valence-electron chi connectivity index (χ4n) is 5.68. The second kappa shape index (κ2) is 9.20. The van der Waals surface area contributed by atoms with Crippen LogP contribution in [0.2, 0.25) is 0 Å². The first-order valence-corrected chi connectivity index (χ1v) is 11.1. The van der Waals surface area contributed by atoms with Gasteiger partial charge in [-0.3, -0.25) is 4.99 Å². The lowest BCUT2D eigenvalue weighted by Gasteiger charge is -2.63. The molecular formula is C23H34IN3O3. The molecule has 2 saturated heterocycles. The Hall–Kier alpha value is -1.06. The van der Waals surface area contributed by atoms with E-state index < -0.39 is 0 Å². The van der Waals surface area contributed by atoms with E-state index >= 15 is 0 Å². The Bertz CT molecular complexity index is 777. The van der Waals surface area contributed by atoms with Crippen molar-refractivity contribution in [2.75, 3.05) is 26.9 Å². The molecule has 0 aromatic heterocycles. The Morgan fingerprint density at radius 1 is 1.27 bits per heavy atom. The molecule has 2 aliphatic heterocycles. The van der Waals surface area contributed by atoms with Crippen LogP contribution >= 0.6 is 24.0 Å². The van der Waals surface area contributed by atoms with Crippen LogP contribution in [-0.4, -0.2) is 51.1 Å². The molecule has 4 aliphatic rings. The molecule has 4 atom stereocenters. The van der Waals surface area contributed by atoms with Crippen LogP contribution in [0.1, 0.15) is 43.2 Å². The van der Waals surface area contributed by atoms with Crippen LogP contribution in [0.25, 0.3) is 0 Å². The quantitative estimate of drug-likeness (QED) is 0.349. The standard InChI is InChI=1S/C23H33N3O3.HI/c1-15-4-5-16(19(12-15)29-17-6-10-27-14-17)13-25-22(24-2)26-20-18-7-11-28-21(18)23(20)8-3-9-23;/h4-5,12,17-18,20-21H,3,6-11,13-14H2,1-2H3,(H2,24,25,26);1H. The maximum absolute atomic E-state index is 6.24. The van der Waals surface area contributed by atoms with Crippen molar-refractivity contribution in [1.82, 2.24) is 10.6 Å². The topological polar surface area (TPSA) is 64.1 Å². The zero-order chi connectivity index (χ0) is 19.8. The van der Waals surface area contributed by atoms with E-state index in [4.69, 9.17) is 14.2 Å². The van der Waals surface area contributed by atoms with Gasteiger partial charge in [-0.1, -0.05) is 18.6 Å². The van der Waals surface area contributed by atoms with E-state index in [1.807, 2.05) is 7.05 Å². The molecule has 2 saturated carbocycles. The van der Waals surface area contributed by atoms with Gasteiger partial charge >= 0.3 is 0 Å². The van der Waals surface area contributed by atoms with Crippen LogP contribution in [0.4, 0.5) is 0 Å². The molecular weight excluding hydrogens is 493 g/mol. The smallest absolute Gasteiger partial charge is 0.191 e. The highest BCUT2D eigenvalue weighted by Gasteiger charge is 2.66. The average molecular weight is 527 g/mol. The molecule has 6 nitrogen and oxygen atoms in total. The number of rotatable bonds is 5. The minimum Gasteiger partial charge on any atom is -0.488 e. The minimum atomic E-state index is 0. The lowest BCUT2D eigenvalue weighted by molar-refractivity contribution is -0.171. The van der Waals surface area contributed by atoms with Gasteiger partial charge in [0.2, 0.25) is 0 Å².